The van der Waals surface area contributed by atoms with E-state index in [9.17, 15) is 27.6 Å². The zero-order valence-corrected chi connectivity index (χ0v) is 12.3. The maximum absolute atomic E-state index is 12.4. The van der Waals surface area contributed by atoms with Gasteiger partial charge in [0.05, 0.1) is 7.11 Å². The summed E-state index contributed by atoms with van der Waals surface area (Å²) in [7, 11) is 1.10. The molecule has 0 saturated heterocycles. The third-order valence-corrected chi connectivity index (χ3v) is 2.84. The molecule has 2 amide bonds. The van der Waals surface area contributed by atoms with Gasteiger partial charge in [0.15, 0.2) is 0 Å². The largest absolute Gasteiger partial charge is 0.471 e. The van der Waals surface area contributed by atoms with Crippen LogP contribution in [0, 0.1) is 0 Å². The monoisotopic (exact) mass is 332 g/mol. The number of carbonyl (C=O) groups excluding carboxylic acids is 3. The van der Waals surface area contributed by atoms with Gasteiger partial charge in [-0.25, -0.2) is 4.79 Å². The lowest BCUT2D eigenvalue weighted by atomic mass is 10.1. The molecule has 0 spiro atoms. The highest BCUT2D eigenvalue weighted by molar-refractivity contribution is 5.92. The normalized spacial score (nSPS) is 13.6. The molecule has 0 heterocycles. The number of halogens is 3. The molecule has 0 aliphatic carbocycles. The van der Waals surface area contributed by atoms with Crippen LogP contribution in [0.5, 0.6) is 0 Å². The first kappa shape index (κ1) is 18.5. The van der Waals surface area contributed by atoms with E-state index in [-0.39, 0.29) is 5.56 Å². The molecular formula is C14H15F3N2O4. The zero-order chi connectivity index (χ0) is 17.6. The number of benzene rings is 1. The van der Waals surface area contributed by atoms with E-state index in [2.05, 4.69) is 10.1 Å². The molecule has 1 aromatic carbocycles. The van der Waals surface area contributed by atoms with Gasteiger partial charge < -0.3 is 15.4 Å². The molecule has 0 bridgehead atoms. The molecule has 0 aliphatic rings. The quantitative estimate of drug-likeness (QED) is 0.791. The molecule has 126 valence electrons. The molecule has 0 aliphatic heterocycles. The van der Waals surface area contributed by atoms with Crippen LogP contribution >= 0.6 is 0 Å². The number of esters is 1. The molecule has 1 aromatic rings. The van der Waals surface area contributed by atoms with Crippen LogP contribution in [0.25, 0.3) is 0 Å². The Hall–Kier alpha value is -2.58. The number of amides is 2. The topological polar surface area (TPSA) is 84.5 Å². The highest BCUT2D eigenvalue weighted by Gasteiger charge is 2.41. The Bertz CT molecular complexity index is 575. The third kappa shape index (κ3) is 5.28. The van der Waals surface area contributed by atoms with E-state index in [0.29, 0.717) is 0 Å². The van der Waals surface area contributed by atoms with Crippen LogP contribution in [0.15, 0.2) is 30.3 Å². The number of carbonyl (C=O) groups is 3. The van der Waals surface area contributed by atoms with Gasteiger partial charge in [-0.15, -0.1) is 0 Å². The van der Waals surface area contributed by atoms with Gasteiger partial charge in [0.2, 0.25) is 5.91 Å². The molecule has 0 fully saturated rings. The minimum atomic E-state index is -5.14. The lowest BCUT2D eigenvalue weighted by Gasteiger charge is -2.21. The number of nitrogens with one attached hydrogen (secondary N) is 2. The first-order valence-electron chi connectivity index (χ1n) is 6.47. The van der Waals surface area contributed by atoms with Crippen LogP contribution in [0.2, 0.25) is 0 Å². The second-order valence-corrected chi connectivity index (χ2v) is 4.57. The summed E-state index contributed by atoms with van der Waals surface area (Å²) >= 11 is 0. The molecule has 0 aromatic heterocycles. The van der Waals surface area contributed by atoms with Gasteiger partial charge in [-0.3, -0.25) is 9.59 Å². The van der Waals surface area contributed by atoms with E-state index in [1.54, 1.807) is 11.4 Å². The van der Waals surface area contributed by atoms with E-state index in [1.807, 2.05) is 0 Å². The van der Waals surface area contributed by atoms with Gasteiger partial charge in [0.25, 0.3) is 0 Å². The van der Waals surface area contributed by atoms with Gasteiger partial charge in [0.1, 0.15) is 12.1 Å². The summed E-state index contributed by atoms with van der Waals surface area (Å²) in [6, 6.07) is 4.67. The smallest absolute Gasteiger partial charge is 0.467 e. The van der Waals surface area contributed by atoms with Gasteiger partial charge in [0, 0.05) is 0 Å². The minimum Gasteiger partial charge on any atom is -0.467 e. The van der Waals surface area contributed by atoms with E-state index in [1.165, 1.54) is 31.2 Å². The summed E-state index contributed by atoms with van der Waals surface area (Å²) in [5.41, 5.74) is 0.139. The van der Waals surface area contributed by atoms with Gasteiger partial charge >= 0.3 is 18.1 Å². The van der Waals surface area contributed by atoms with Crippen LogP contribution < -0.4 is 10.6 Å². The fourth-order valence-electron chi connectivity index (χ4n) is 1.69. The van der Waals surface area contributed by atoms with Crippen molar-refractivity contribution in [2.75, 3.05) is 7.11 Å². The Balaban J connectivity index is 2.98. The number of rotatable bonds is 5. The van der Waals surface area contributed by atoms with Gasteiger partial charge in [-0.05, 0) is 12.5 Å². The van der Waals surface area contributed by atoms with Gasteiger partial charge in [-0.2, -0.15) is 13.2 Å². The minimum absolute atomic E-state index is 0.139. The van der Waals surface area contributed by atoms with E-state index < -0.39 is 36.0 Å². The van der Waals surface area contributed by atoms with Crippen LogP contribution in [-0.2, 0) is 19.1 Å². The Labute approximate surface area is 130 Å². The van der Waals surface area contributed by atoms with E-state index >= 15 is 0 Å². The predicted molar refractivity (Wildman–Crippen MR) is 73.0 cm³/mol. The van der Waals surface area contributed by atoms with Crippen molar-refractivity contribution in [3.05, 3.63) is 35.9 Å². The fourth-order valence-corrected chi connectivity index (χ4v) is 1.69. The van der Waals surface area contributed by atoms with Crippen LogP contribution in [-0.4, -0.2) is 37.1 Å². The van der Waals surface area contributed by atoms with Crippen molar-refractivity contribution >= 4 is 17.8 Å². The highest BCUT2D eigenvalue weighted by atomic mass is 19.4. The maximum Gasteiger partial charge on any atom is 0.471 e. The van der Waals surface area contributed by atoms with Crippen LogP contribution in [0.3, 0.4) is 0 Å². The highest BCUT2D eigenvalue weighted by Crippen LogP contribution is 2.19. The average molecular weight is 332 g/mol. The summed E-state index contributed by atoms with van der Waals surface area (Å²) < 4.78 is 41.7. The van der Waals surface area contributed by atoms with Crippen LogP contribution in [0.4, 0.5) is 13.2 Å². The molecule has 9 heteroatoms. The number of ether oxygens (including phenoxy) is 1. The Morgan fingerprint density at radius 2 is 1.65 bits per heavy atom. The summed E-state index contributed by atoms with van der Waals surface area (Å²) in [5, 5.41) is 3.80. The Kier molecular flexibility index (Phi) is 6.11. The summed E-state index contributed by atoms with van der Waals surface area (Å²) in [4.78, 5) is 34.5. The van der Waals surface area contributed by atoms with Crippen molar-refractivity contribution < 1.29 is 32.3 Å². The summed E-state index contributed by atoms with van der Waals surface area (Å²) in [6.07, 6.45) is -5.14. The summed E-state index contributed by atoms with van der Waals surface area (Å²) in [6.45, 7) is 1.30. The second-order valence-electron chi connectivity index (χ2n) is 4.57. The lowest BCUT2D eigenvalue weighted by Crippen LogP contribution is -2.48. The van der Waals surface area contributed by atoms with Crippen molar-refractivity contribution in [2.24, 2.45) is 0 Å². The fraction of sp³-hybridized carbons (Fsp3) is 0.357. The Morgan fingerprint density at radius 1 is 1.09 bits per heavy atom. The van der Waals surface area contributed by atoms with Crippen molar-refractivity contribution in [3.8, 4) is 0 Å². The molecular weight excluding hydrogens is 317 g/mol. The SMILES string of the molecule is COC(=O)[C@H](C)NC(=O)[C@H](NC(=O)C(F)(F)F)c1ccccc1. The molecule has 0 radical (unpaired) electrons. The molecule has 2 atom stereocenters. The molecule has 23 heavy (non-hydrogen) atoms. The Morgan fingerprint density at radius 3 is 2.13 bits per heavy atom. The lowest BCUT2D eigenvalue weighted by molar-refractivity contribution is -0.174. The van der Waals surface area contributed by atoms with Crippen molar-refractivity contribution in [2.45, 2.75) is 25.2 Å². The number of methoxy groups -OCH3 is 1. The number of alkyl halides is 3. The average Bonchev–Trinajstić information content (AvgIpc) is 2.51. The first-order chi connectivity index (χ1) is 10.7. The molecule has 2 N–H and O–H groups in total. The standard InChI is InChI=1S/C14H15F3N2O4/c1-8(12(21)23-2)18-11(20)10(9-6-4-3-5-7-9)19-13(22)14(15,16)17/h3-8,10H,1-2H3,(H,18,20)(H,19,22)/t8-,10+/m0/s1. The number of hydrogen-bond acceptors (Lipinski definition) is 4. The molecule has 1 rings (SSSR count). The van der Waals surface area contributed by atoms with Gasteiger partial charge in [-0.1, -0.05) is 30.3 Å². The van der Waals surface area contributed by atoms with Crippen molar-refractivity contribution in [1.82, 2.24) is 10.6 Å². The first-order valence-corrected chi connectivity index (χ1v) is 6.47. The molecule has 6 nitrogen and oxygen atoms in total. The third-order valence-electron chi connectivity index (χ3n) is 2.84. The second kappa shape index (κ2) is 7.61. The van der Waals surface area contributed by atoms with E-state index in [4.69, 9.17) is 0 Å². The predicted octanol–water partition coefficient (Wildman–Crippen LogP) is 1.08. The van der Waals surface area contributed by atoms with Crippen molar-refractivity contribution in [3.63, 3.8) is 0 Å². The zero-order valence-electron chi connectivity index (χ0n) is 12.3. The molecule has 0 saturated carbocycles. The molecule has 0 unspecified atom stereocenters. The summed E-state index contributed by atoms with van der Waals surface area (Å²) in [5.74, 6) is -3.99. The maximum atomic E-state index is 12.4. The van der Waals surface area contributed by atoms with Crippen molar-refractivity contribution in [1.29, 1.82) is 0 Å². The van der Waals surface area contributed by atoms with Crippen LogP contribution in [0.1, 0.15) is 18.5 Å². The van der Waals surface area contributed by atoms with E-state index in [0.717, 1.165) is 7.11 Å². The number of hydrogen-bond donors (Lipinski definition) is 2.